The van der Waals surface area contributed by atoms with Crippen molar-refractivity contribution in [2.75, 3.05) is 0 Å². The van der Waals surface area contributed by atoms with E-state index in [0.29, 0.717) is 10.7 Å². The van der Waals surface area contributed by atoms with Gasteiger partial charge in [0.25, 0.3) is 5.69 Å². The number of aromatic nitrogens is 1. The molecule has 0 saturated carbocycles. The van der Waals surface area contributed by atoms with Gasteiger partial charge in [-0.25, -0.2) is 0 Å². The van der Waals surface area contributed by atoms with Crippen molar-refractivity contribution in [1.29, 1.82) is 5.26 Å². The Balaban J connectivity index is 1.99. The first-order valence-electron chi connectivity index (χ1n) is 7.84. The second-order valence-corrected chi connectivity index (χ2v) is 6.02. The van der Waals surface area contributed by atoms with Crippen molar-refractivity contribution in [3.05, 3.63) is 98.8 Å². The van der Waals surface area contributed by atoms with Crippen LogP contribution in [0.5, 0.6) is 0 Å². The van der Waals surface area contributed by atoms with Crippen LogP contribution in [-0.2, 0) is 0 Å². The van der Waals surface area contributed by atoms with Gasteiger partial charge in [0.1, 0.15) is 11.6 Å². The third-order valence-corrected chi connectivity index (χ3v) is 4.11. The highest BCUT2D eigenvalue weighted by Crippen LogP contribution is 2.20. The van der Waals surface area contributed by atoms with E-state index in [0.717, 1.165) is 11.8 Å². The summed E-state index contributed by atoms with van der Waals surface area (Å²) in [5.41, 5.74) is 1.19. The van der Waals surface area contributed by atoms with E-state index in [1.807, 2.05) is 18.2 Å². The molecule has 0 amide bonds. The largest absolute Gasteiger partial charge is 0.317 e. The molecule has 0 bridgehead atoms. The summed E-state index contributed by atoms with van der Waals surface area (Å²) in [6.45, 7) is 0. The quantitative estimate of drug-likeness (QED) is 0.209. The van der Waals surface area contributed by atoms with Crippen LogP contribution < -0.4 is 0 Å². The van der Waals surface area contributed by atoms with Gasteiger partial charge in [-0.15, -0.1) is 0 Å². The van der Waals surface area contributed by atoms with E-state index in [2.05, 4.69) is 0 Å². The summed E-state index contributed by atoms with van der Waals surface area (Å²) in [7, 11) is 0. The zero-order valence-corrected chi connectivity index (χ0v) is 14.6. The van der Waals surface area contributed by atoms with Gasteiger partial charge in [-0.05, 0) is 42.5 Å². The Morgan fingerprint density at radius 2 is 1.89 bits per heavy atom. The lowest BCUT2D eigenvalue weighted by atomic mass is 10.0. The Morgan fingerprint density at radius 1 is 1.15 bits per heavy atom. The molecule has 0 radical (unpaired) electrons. The van der Waals surface area contributed by atoms with Crippen molar-refractivity contribution in [3.63, 3.8) is 0 Å². The number of nitrogens with zero attached hydrogens (tertiary/aromatic N) is 3. The van der Waals surface area contributed by atoms with Crippen molar-refractivity contribution in [1.82, 2.24) is 4.57 Å². The van der Waals surface area contributed by atoms with E-state index < -0.39 is 10.7 Å². The number of carbonyl (C=O) groups excluding carboxylic acids is 1. The van der Waals surface area contributed by atoms with Gasteiger partial charge in [-0.2, -0.15) is 5.26 Å². The first-order valence-corrected chi connectivity index (χ1v) is 8.21. The summed E-state index contributed by atoms with van der Waals surface area (Å²) in [6.07, 6.45) is 3.25. The van der Waals surface area contributed by atoms with Crippen LogP contribution in [0.25, 0.3) is 11.8 Å². The molecule has 132 valence electrons. The highest BCUT2D eigenvalue weighted by Gasteiger charge is 2.16. The third kappa shape index (κ3) is 3.94. The number of Topliss-reactive ketones (excluding diaryl/α,β-unsaturated/α-hetero) is 1. The predicted octanol–water partition coefficient (Wildman–Crippen LogP) is 4.83. The number of allylic oxidation sites excluding steroid dienone is 1. The summed E-state index contributed by atoms with van der Waals surface area (Å²) in [6, 6.07) is 17.8. The molecule has 27 heavy (non-hydrogen) atoms. The van der Waals surface area contributed by atoms with Crippen LogP contribution in [0.15, 0.2) is 72.4 Å². The van der Waals surface area contributed by atoms with E-state index in [4.69, 9.17) is 11.6 Å². The number of nitro groups is 1. The summed E-state index contributed by atoms with van der Waals surface area (Å²) in [4.78, 5) is 22.9. The third-order valence-electron chi connectivity index (χ3n) is 3.86. The number of halogens is 1. The fraction of sp³-hybridized carbons (Fsp3) is 0. The van der Waals surface area contributed by atoms with Gasteiger partial charge in [-0.3, -0.25) is 14.9 Å². The van der Waals surface area contributed by atoms with Crippen molar-refractivity contribution in [2.45, 2.75) is 0 Å². The maximum absolute atomic E-state index is 12.6. The maximum Gasteiger partial charge on any atom is 0.270 e. The highest BCUT2D eigenvalue weighted by molar-refractivity contribution is 6.30. The Morgan fingerprint density at radius 3 is 2.56 bits per heavy atom. The summed E-state index contributed by atoms with van der Waals surface area (Å²) < 4.78 is 1.80. The van der Waals surface area contributed by atoms with Crippen LogP contribution in [0.4, 0.5) is 5.69 Å². The molecule has 6 nitrogen and oxygen atoms in total. The van der Waals surface area contributed by atoms with Crippen molar-refractivity contribution < 1.29 is 9.72 Å². The molecule has 0 fully saturated rings. The summed E-state index contributed by atoms with van der Waals surface area (Å²) in [5, 5.41) is 20.9. The molecule has 2 aromatic carbocycles. The van der Waals surface area contributed by atoms with Crippen LogP contribution in [0, 0.1) is 21.4 Å². The lowest BCUT2D eigenvalue weighted by Gasteiger charge is -2.07. The second-order valence-electron chi connectivity index (χ2n) is 5.59. The molecule has 0 unspecified atom stereocenters. The average molecular weight is 378 g/mol. The van der Waals surface area contributed by atoms with Gasteiger partial charge < -0.3 is 4.57 Å². The van der Waals surface area contributed by atoms with Crippen molar-refractivity contribution in [2.24, 2.45) is 0 Å². The first-order chi connectivity index (χ1) is 13.0. The van der Waals surface area contributed by atoms with Gasteiger partial charge in [0.05, 0.1) is 4.92 Å². The number of nitriles is 1. The molecule has 3 aromatic rings. The number of benzene rings is 2. The van der Waals surface area contributed by atoms with Gasteiger partial charge in [0, 0.05) is 40.3 Å². The molecular formula is C20H12ClN3O3. The molecular weight excluding hydrogens is 366 g/mol. The molecule has 0 saturated heterocycles. The van der Waals surface area contributed by atoms with E-state index in [-0.39, 0.29) is 16.8 Å². The Bertz CT molecular complexity index is 1090. The fourth-order valence-corrected chi connectivity index (χ4v) is 2.69. The number of ketones is 1. The van der Waals surface area contributed by atoms with Gasteiger partial charge in [0.2, 0.25) is 5.78 Å². The minimum atomic E-state index is -0.585. The molecule has 7 heteroatoms. The molecule has 0 aliphatic carbocycles. The van der Waals surface area contributed by atoms with Crippen LogP contribution in [-0.4, -0.2) is 15.3 Å². The molecule has 0 spiro atoms. The van der Waals surface area contributed by atoms with Crippen LogP contribution >= 0.6 is 11.6 Å². The lowest BCUT2D eigenvalue weighted by Crippen LogP contribution is -2.04. The number of nitro benzene ring substituents is 1. The molecule has 0 N–H and O–H groups in total. The summed E-state index contributed by atoms with van der Waals surface area (Å²) >= 11 is 5.91. The van der Waals surface area contributed by atoms with Crippen LogP contribution in [0.2, 0.25) is 5.02 Å². The molecule has 3 rings (SSSR count). The van der Waals surface area contributed by atoms with Crippen molar-refractivity contribution in [3.8, 4) is 11.8 Å². The number of carbonyl (C=O) groups is 1. The van der Waals surface area contributed by atoms with E-state index >= 15 is 0 Å². The van der Waals surface area contributed by atoms with Gasteiger partial charge in [0.15, 0.2) is 0 Å². The molecule has 0 aliphatic heterocycles. The predicted molar refractivity (Wildman–Crippen MR) is 102 cm³/mol. The second kappa shape index (κ2) is 7.68. The van der Waals surface area contributed by atoms with Crippen LogP contribution in [0.1, 0.15) is 16.1 Å². The highest BCUT2D eigenvalue weighted by atomic mass is 35.5. The normalized spacial score (nSPS) is 11.0. The maximum atomic E-state index is 12.6. The fourth-order valence-electron chi connectivity index (χ4n) is 2.56. The Kier molecular flexibility index (Phi) is 5.15. The minimum absolute atomic E-state index is 0.0848. The standard InChI is InChI=1S/C20H12ClN3O3/c21-16-6-8-17(9-7-16)23-10-2-5-18(23)12-15(13-22)20(25)14-3-1-4-19(11-14)24(26)27/h1-12H/b15-12+. The van der Waals surface area contributed by atoms with E-state index in [9.17, 15) is 20.2 Å². The monoisotopic (exact) mass is 377 g/mol. The van der Waals surface area contributed by atoms with E-state index in [1.54, 1.807) is 35.0 Å². The molecule has 0 aliphatic rings. The van der Waals surface area contributed by atoms with E-state index in [1.165, 1.54) is 24.3 Å². The average Bonchev–Trinajstić information content (AvgIpc) is 3.14. The Hall–Kier alpha value is -3.69. The van der Waals surface area contributed by atoms with Crippen LogP contribution in [0.3, 0.4) is 0 Å². The Labute approximate surface area is 159 Å². The smallest absolute Gasteiger partial charge is 0.270 e. The number of non-ortho nitro benzene ring substituents is 1. The zero-order chi connectivity index (χ0) is 19.4. The number of hydrogen-bond donors (Lipinski definition) is 0. The molecule has 1 heterocycles. The first kappa shape index (κ1) is 18.1. The molecule has 0 atom stereocenters. The molecule has 1 aromatic heterocycles. The summed E-state index contributed by atoms with van der Waals surface area (Å²) in [5.74, 6) is -0.579. The van der Waals surface area contributed by atoms with Gasteiger partial charge in [-0.1, -0.05) is 23.7 Å². The topological polar surface area (TPSA) is 88.9 Å². The number of rotatable bonds is 5. The lowest BCUT2D eigenvalue weighted by molar-refractivity contribution is -0.384. The zero-order valence-electron chi connectivity index (χ0n) is 13.9. The van der Waals surface area contributed by atoms with Crippen molar-refractivity contribution >= 4 is 29.1 Å². The SMILES string of the molecule is N#C/C(=C\c1cccn1-c1ccc(Cl)cc1)C(=O)c1cccc([N+](=O)[O-])c1. The minimum Gasteiger partial charge on any atom is -0.317 e. The number of hydrogen-bond acceptors (Lipinski definition) is 4. The van der Waals surface area contributed by atoms with Gasteiger partial charge >= 0.3 is 0 Å².